The number of nitrogens with zero attached hydrogens (tertiary/aromatic N) is 1. The SMILES string of the molecule is C[C@@H]1CN(CC(=O)[C@H]2CCC3C4=CC(=O)[C@]5(C)C[C@@H](O)[C@@H](O)C[C@]5(C)C4CC[C@@]32C)C[C@H](C)O1. The molecule has 0 radical (unpaired) electrons. The highest BCUT2D eigenvalue weighted by molar-refractivity contribution is 5.97. The number of carbonyl (C=O) groups excluding carboxylic acids is 2. The summed E-state index contributed by atoms with van der Waals surface area (Å²) in [7, 11) is 0. The van der Waals surface area contributed by atoms with E-state index in [1.165, 1.54) is 5.57 Å². The van der Waals surface area contributed by atoms with Gasteiger partial charge in [0.25, 0.3) is 0 Å². The third kappa shape index (κ3) is 3.50. The Balaban J connectivity index is 1.39. The Morgan fingerprint density at radius 1 is 1.03 bits per heavy atom. The molecule has 1 saturated heterocycles. The van der Waals surface area contributed by atoms with Crippen molar-refractivity contribution in [1.82, 2.24) is 4.90 Å². The lowest BCUT2D eigenvalue weighted by Crippen LogP contribution is -2.61. The van der Waals surface area contributed by atoms with E-state index < -0.39 is 17.6 Å². The van der Waals surface area contributed by atoms with Crippen molar-refractivity contribution in [3.63, 3.8) is 0 Å². The number of carbonyl (C=O) groups is 2. The van der Waals surface area contributed by atoms with Crippen molar-refractivity contribution < 1.29 is 24.5 Å². The predicted octanol–water partition coefficient (Wildman–Crippen LogP) is 3.14. The fourth-order valence-electron chi connectivity index (χ4n) is 8.96. The number of hydrogen-bond acceptors (Lipinski definition) is 6. The fourth-order valence-corrected chi connectivity index (χ4v) is 8.96. The number of ether oxygens (including phenoxy) is 1. The molecule has 5 rings (SSSR count). The van der Waals surface area contributed by atoms with Crippen LogP contribution in [0.5, 0.6) is 0 Å². The van der Waals surface area contributed by atoms with Gasteiger partial charge in [-0.2, -0.15) is 0 Å². The molecule has 0 aromatic heterocycles. The maximum Gasteiger partial charge on any atom is 0.162 e. The lowest BCUT2D eigenvalue weighted by molar-refractivity contribution is -0.166. The molecule has 3 saturated carbocycles. The van der Waals surface area contributed by atoms with E-state index in [4.69, 9.17) is 4.74 Å². The molecule has 0 bridgehead atoms. The molecule has 10 atom stereocenters. The van der Waals surface area contributed by atoms with Crippen molar-refractivity contribution in [2.45, 2.75) is 97.6 Å². The van der Waals surface area contributed by atoms with Gasteiger partial charge in [-0.1, -0.05) is 26.3 Å². The van der Waals surface area contributed by atoms with Gasteiger partial charge in [0.2, 0.25) is 0 Å². The largest absolute Gasteiger partial charge is 0.390 e. The monoisotopic (exact) mass is 473 g/mol. The van der Waals surface area contributed by atoms with Crippen molar-refractivity contribution >= 4 is 11.6 Å². The Bertz CT molecular complexity index is 891. The summed E-state index contributed by atoms with van der Waals surface area (Å²) >= 11 is 0. The molecule has 0 spiro atoms. The zero-order chi connectivity index (χ0) is 24.6. The maximum absolute atomic E-state index is 13.6. The normalized spacial score (nSPS) is 51.3. The van der Waals surface area contributed by atoms with Crippen molar-refractivity contribution in [2.24, 2.45) is 34.0 Å². The predicted molar refractivity (Wildman–Crippen MR) is 129 cm³/mol. The van der Waals surface area contributed by atoms with Gasteiger partial charge in [-0.25, -0.2) is 0 Å². The third-order valence-corrected chi connectivity index (χ3v) is 10.9. The molecule has 1 aliphatic heterocycles. The van der Waals surface area contributed by atoms with Crippen molar-refractivity contribution in [3.05, 3.63) is 11.6 Å². The van der Waals surface area contributed by atoms with Crippen molar-refractivity contribution in [1.29, 1.82) is 0 Å². The lowest BCUT2D eigenvalue weighted by Gasteiger charge is -2.61. The number of aliphatic hydroxyl groups is 2. The summed E-state index contributed by atoms with van der Waals surface area (Å²) in [6, 6.07) is 0. The van der Waals surface area contributed by atoms with Crippen LogP contribution >= 0.6 is 0 Å². The summed E-state index contributed by atoms with van der Waals surface area (Å²) < 4.78 is 5.85. The minimum absolute atomic E-state index is 0.0304. The fraction of sp³-hybridized carbons (Fsp3) is 0.857. The van der Waals surface area contributed by atoms with Gasteiger partial charge in [0.15, 0.2) is 5.78 Å². The average Bonchev–Trinajstić information content (AvgIpc) is 3.08. The van der Waals surface area contributed by atoms with Crippen LogP contribution in [0.25, 0.3) is 0 Å². The van der Waals surface area contributed by atoms with E-state index in [2.05, 4.69) is 32.6 Å². The molecule has 0 aromatic carbocycles. The van der Waals surface area contributed by atoms with Gasteiger partial charge in [-0.15, -0.1) is 0 Å². The van der Waals surface area contributed by atoms with Crippen LogP contribution in [0.2, 0.25) is 0 Å². The van der Waals surface area contributed by atoms with Gasteiger partial charge in [0.05, 0.1) is 31.0 Å². The van der Waals surface area contributed by atoms with Crippen LogP contribution in [-0.4, -0.2) is 70.7 Å². The van der Waals surface area contributed by atoms with E-state index >= 15 is 0 Å². The number of aliphatic hydroxyl groups excluding tert-OH is 2. The Morgan fingerprint density at radius 2 is 1.68 bits per heavy atom. The zero-order valence-electron chi connectivity index (χ0n) is 21.5. The van der Waals surface area contributed by atoms with Crippen LogP contribution in [0.1, 0.15) is 73.1 Å². The second-order valence-electron chi connectivity index (χ2n) is 13.0. The summed E-state index contributed by atoms with van der Waals surface area (Å²) in [5.41, 5.74) is 0.105. The van der Waals surface area contributed by atoms with Crippen molar-refractivity contribution in [3.8, 4) is 0 Å². The Hall–Kier alpha value is -1.08. The molecule has 1 heterocycles. The zero-order valence-corrected chi connectivity index (χ0v) is 21.5. The molecular weight excluding hydrogens is 430 g/mol. The second kappa shape index (κ2) is 8.22. The third-order valence-electron chi connectivity index (χ3n) is 10.9. The van der Waals surface area contributed by atoms with E-state index in [-0.39, 0.29) is 46.6 Å². The summed E-state index contributed by atoms with van der Waals surface area (Å²) in [6.45, 7) is 12.7. The molecule has 2 unspecified atom stereocenters. The highest BCUT2D eigenvalue weighted by Gasteiger charge is 2.65. The highest BCUT2D eigenvalue weighted by atomic mass is 16.5. The average molecular weight is 474 g/mol. The van der Waals surface area contributed by atoms with Gasteiger partial charge in [-0.3, -0.25) is 14.5 Å². The number of morpholine rings is 1. The first-order valence-corrected chi connectivity index (χ1v) is 13.4. The summed E-state index contributed by atoms with van der Waals surface area (Å²) in [5.74, 6) is 0.951. The number of rotatable bonds is 3. The molecule has 6 heteroatoms. The van der Waals surface area contributed by atoms with E-state index in [0.29, 0.717) is 25.2 Å². The first kappa shape index (κ1) is 24.6. The Labute approximate surface area is 204 Å². The van der Waals surface area contributed by atoms with Crippen LogP contribution in [0.4, 0.5) is 0 Å². The van der Waals surface area contributed by atoms with E-state index in [0.717, 1.165) is 38.8 Å². The molecule has 4 fully saturated rings. The minimum atomic E-state index is -0.843. The Kier molecular flexibility index (Phi) is 5.95. The van der Waals surface area contributed by atoms with Crippen LogP contribution in [0, 0.1) is 34.0 Å². The van der Waals surface area contributed by atoms with Gasteiger partial charge < -0.3 is 14.9 Å². The van der Waals surface area contributed by atoms with Gasteiger partial charge in [-0.05, 0) is 81.1 Å². The topological polar surface area (TPSA) is 87.1 Å². The summed E-state index contributed by atoms with van der Waals surface area (Å²) in [4.78, 5) is 29.4. The standard InChI is InChI=1S/C28H43NO5/c1-16-13-29(14-17(2)34-16)15-24(32)21-7-6-19-18-10-25(33)28(5)12-23(31)22(30)11-27(28,4)20(18)8-9-26(19,21)3/h10,16-17,19-23,30-31H,6-9,11-15H2,1-5H3/t16-,17+,19?,20?,21-,22+,23-,26+,27-,28+/m1/s1. The summed E-state index contributed by atoms with van der Waals surface area (Å²) in [6.07, 6.45) is 5.12. The number of Topliss-reactive ketones (excluding diaryl/α,β-unsaturated/α-hetero) is 1. The van der Waals surface area contributed by atoms with Gasteiger partial charge >= 0.3 is 0 Å². The number of fused-ring (bicyclic) bond motifs is 5. The lowest BCUT2D eigenvalue weighted by atomic mass is 9.42. The molecule has 34 heavy (non-hydrogen) atoms. The molecule has 4 aliphatic carbocycles. The molecule has 190 valence electrons. The maximum atomic E-state index is 13.6. The quantitative estimate of drug-likeness (QED) is 0.655. The van der Waals surface area contributed by atoms with Crippen LogP contribution < -0.4 is 0 Å². The number of hydrogen-bond donors (Lipinski definition) is 2. The molecule has 0 amide bonds. The van der Waals surface area contributed by atoms with E-state index in [9.17, 15) is 19.8 Å². The molecular formula is C28H43NO5. The van der Waals surface area contributed by atoms with Crippen LogP contribution in [-0.2, 0) is 14.3 Å². The first-order chi connectivity index (χ1) is 15.9. The van der Waals surface area contributed by atoms with Crippen LogP contribution in [0.15, 0.2) is 11.6 Å². The second-order valence-corrected chi connectivity index (χ2v) is 13.0. The molecule has 5 aliphatic rings. The first-order valence-electron chi connectivity index (χ1n) is 13.4. The molecule has 6 nitrogen and oxygen atoms in total. The van der Waals surface area contributed by atoms with Crippen LogP contribution in [0.3, 0.4) is 0 Å². The van der Waals surface area contributed by atoms with E-state index in [1.54, 1.807) is 0 Å². The van der Waals surface area contributed by atoms with Gasteiger partial charge in [0.1, 0.15) is 5.78 Å². The Morgan fingerprint density at radius 3 is 2.35 bits per heavy atom. The molecule has 2 N–H and O–H groups in total. The smallest absolute Gasteiger partial charge is 0.162 e. The van der Waals surface area contributed by atoms with Crippen molar-refractivity contribution in [2.75, 3.05) is 19.6 Å². The number of ketones is 2. The summed E-state index contributed by atoms with van der Waals surface area (Å²) in [5, 5.41) is 21.0. The number of allylic oxidation sites excluding steroid dienone is 2. The van der Waals surface area contributed by atoms with Gasteiger partial charge in [0, 0.05) is 24.4 Å². The molecule has 0 aromatic rings. The van der Waals surface area contributed by atoms with E-state index in [1.807, 2.05) is 13.0 Å². The highest BCUT2D eigenvalue weighted by Crippen LogP contribution is 2.68. The minimum Gasteiger partial charge on any atom is -0.390 e.